The largest absolute Gasteiger partial charge is 0.465 e. The van der Waals surface area contributed by atoms with Crippen LogP contribution in [0.4, 0.5) is 0 Å². The molecule has 6 aliphatic carbocycles. The van der Waals surface area contributed by atoms with Crippen molar-refractivity contribution >= 4 is 35.8 Å². The molecule has 6 saturated carbocycles. The Balaban J connectivity index is 0.484. The molecule has 0 N–H and O–H groups in total. The second kappa shape index (κ2) is 24.6. The highest BCUT2D eigenvalue weighted by molar-refractivity contribution is 5.73. The third-order valence-corrected chi connectivity index (χ3v) is 20.2. The Bertz CT molecular complexity index is 2150. The van der Waals surface area contributed by atoms with Crippen molar-refractivity contribution in [2.24, 2.45) is 53.3 Å². The van der Waals surface area contributed by atoms with Gasteiger partial charge in [0, 0.05) is 38.0 Å². The van der Waals surface area contributed by atoms with Crippen LogP contribution in [-0.4, -0.2) is 148 Å². The lowest BCUT2D eigenvalue weighted by Crippen LogP contribution is -2.63. The maximum absolute atomic E-state index is 13.4. The van der Waals surface area contributed by atoms with Crippen molar-refractivity contribution < 1.29 is 85.6 Å². The van der Waals surface area contributed by atoms with Gasteiger partial charge < -0.3 is 56.8 Å². The first-order valence-electron chi connectivity index (χ1n) is 30.9. The molecule has 0 aromatic rings. The number of rotatable bonds is 29. The van der Waals surface area contributed by atoms with Gasteiger partial charge in [0.05, 0.1) is 124 Å². The van der Waals surface area contributed by atoms with Gasteiger partial charge in [0.2, 0.25) is 0 Å². The lowest BCUT2D eigenvalue weighted by atomic mass is 9.61. The van der Waals surface area contributed by atoms with Crippen LogP contribution in [0.3, 0.4) is 0 Å². The molecule has 21 unspecified atom stereocenters. The van der Waals surface area contributed by atoms with Crippen molar-refractivity contribution in [3.63, 3.8) is 0 Å². The average Bonchev–Trinajstić information content (AvgIpc) is 4.39. The van der Waals surface area contributed by atoms with Crippen molar-refractivity contribution in [3.05, 3.63) is 0 Å². The molecule has 0 radical (unpaired) electrons. The molecule has 7 heterocycles. The molecular formula is C60H86O18. The molecule has 0 aromatic heterocycles. The Kier molecular flexibility index (Phi) is 17.4. The van der Waals surface area contributed by atoms with Crippen LogP contribution in [0.5, 0.6) is 0 Å². The van der Waals surface area contributed by atoms with Gasteiger partial charge in [-0.3, -0.25) is 28.8 Å². The summed E-state index contributed by atoms with van der Waals surface area (Å²) in [6.45, 7) is 2.29. The fourth-order valence-corrected chi connectivity index (χ4v) is 15.7. The molecule has 18 nitrogen and oxygen atoms in total. The normalized spacial score (nSPS) is 41.5. The van der Waals surface area contributed by atoms with Crippen LogP contribution in [-0.2, 0) is 85.6 Å². The summed E-state index contributed by atoms with van der Waals surface area (Å²) in [5.74, 6) is 0.336. The van der Waals surface area contributed by atoms with E-state index < -0.39 is 0 Å². The summed E-state index contributed by atoms with van der Waals surface area (Å²) >= 11 is 0. The van der Waals surface area contributed by atoms with Crippen LogP contribution in [0.15, 0.2) is 0 Å². The van der Waals surface area contributed by atoms with Gasteiger partial charge in [-0.1, -0.05) is 0 Å². The molecule has 0 amide bonds. The first-order valence-corrected chi connectivity index (χ1v) is 30.9. The van der Waals surface area contributed by atoms with Gasteiger partial charge in [0.1, 0.15) is 0 Å². The molecule has 434 valence electrons. The van der Waals surface area contributed by atoms with Crippen LogP contribution in [0, 0.1) is 53.3 Å². The van der Waals surface area contributed by atoms with Gasteiger partial charge >= 0.3 is 35.8 Å². The van der Waals surface area contributed by atoms with E-state index in [0.717, 1.165) is 103 Å². The van der Waals surface area contributed by atoms with Crippen molar-refractivity contribution in [2.75, 3.05) is 39.6 Å². The average molecular weight is 1100 g/mol. The molecule has 0 aromatic carbocycles. The van der Waals surface area contributed by atoms with Crippen LogP contribution < -0.4 is 0 Å². The Labute approximate surface area is 459 Å². The van der Waals surface area contributed by atoms with Gasteiger partial charge in [-0.05, 0) is 177 Å². The maximum atomic E-state index is 13.4. The highest BCUT2D eigenvalue weighted by atomic mass is 16.6. The summed E-state index contributed by atoms with van der Waals surface area (Å²) in [4.78, 5) is 76.3. The van der Waals surface area contributed by atoms with Gasteiger partial charge in [-0.15, -0.1) is 0 Å². The maximum Gasteiger partial charge on any atom is 0.309 e. The predicted octanol–water partition coefficient (Wildman–Crippen LogP) is 7.38. The summed E-state index contributed by atoms with van der Waals surface area (Å²) in [7, 11) is 0. The third-order valence-electron chi connectivity index (χ3n) is 20.2. The van der Waals surface area contributed by atoms with E-state index in [9.17, 15) is 28.8 Å². The summed E-state index contributed by atoms with van der Waals surface area (Å²) < 4.78 is 70.3. The number of carbonyl (C=O) groups is 6. The molecule has 13 fully saturated rings. The van der Waals surface area contributed by atoms with Crippen LogP contribution in [0.25, 0.3) is 0 Å². The zero-order valence-electron chi connectivity index (χ0n) is 45.7. The quantitative estimate of drug-likeness (QED) is 0.0308. The minimum absolute atomic E-state index is 0.0401. The molecule has 13 aliphatic rings. The van der Waals surface area contributed by atoms with Gasteiger partial charge in [0.15, 0.2) is 0 Å². The van der Waals surface area contributed by atoms with E-state index in [2.05, 4.69) is 0 Å². The van der Waals surface area contributed by atoms with E-state index in [1.54, 1.807) is 0 Å². The van der Waals surface area contributed by atoms with Crippen LogP contribution in [0.1, 0.15) is 173 Å². The molecule has 78 heavy (non-hydrogen) atoms. The predicted molar refractivity (Wildman–Crippen MR) is 273 cm³/mol. The zero-order valence-corrected chi connectivity index (χ0v) is 45.7. The minimum atomic E-state index is -0.275. The molecule has 7 saturated heterocycles. The van der Waals surface area contributed by atoms with Crippen LogP contribution >= 0.6 is 0 Å². The molecule has 21 atom stereocenters. The highest BCUT2D eigenvalue weighted by Crippen LogP contribution is 2.59. The van der Waals surface area contributed by atoms with E-state index >= 15 is 0 Å². The summed E-state index contributed by atoms with van der Waals surface area (Å²) in [5.41, 5.74) is -0.275. The van der Waals surface area contributed by atoms with E-state index in [-0.39, 0.29) is 144 Å². The Morgan fingerprint density at radius 3 is 1.46 bits per heavy atom. The fraction of sp³-hybridized carbons (Fsp3) is 0.900. The van der Waals surface area contributed by atoms with E-state index in [1.807, 2.05) is 0 Å². The molecule has 0 spiro atoms. The molecule has 18 heteroatoms. The van der Waals surface area contributed by atoms with Gasteiger partial charge in [0.25, 0.3) is 0 Å². The number of hydrogen-bond acceptors (Lipinski definition) is 18. The minimum Gasteiger partial charge on any atom is -0.465 e. The SMILES string of the molecule is O=C(CCCCC(=O)OCC1CC2OC2C(C2CC(C(=O)OCCCCCC(=O)OCC3CC4OC4C(C45CC(COC(=O)CCCCCOC(=O)C6CCC7OC7C6)CC(C4)O5)C3)CC3OC32)C1)OCC1CCC2OC2C1. The van der Waals surface area contributed by atoms with E-state index in [0.29, 0.717) is 128 Å². The fourth-order valence-electron chi connectivity index (χ4n) is 15.7. The first kappa shape index (κ1) is 55.1. The number of carbonyl (C=O) groups excluding carboxylic acids is 6. The lowest BCUT2D eigenvalue weighted by molar-refractivity contribution is -0.282. The number of unbranched alkanes of at least 4 members (excludes halogenated alkanes) is 5. The smallest absolute Gasteiger partial charge is 0.309 e. The summed E-state index contributed by atoms with van der Waals surface area (Å²) in [5, 5.41) is 0. The second-order valence-corrected chi connectivity index (χ2v) is 26.0. The topological polar surface area (TPSA) is 230 Å². The first-order chi connectivity index (χ1) is 38.0. The molecule has 13 rings (SSSR count). The Hall–Kier alpha value is -3.42. The van der Waals surface area contributed by atoms with Crippen molar-refractivity contribution in [1.82, 2.24) is 0 Å². The van der Waals surface area contributed by atoms with E-state index in [1.165, 1.54) is 0 Å². The Morgan fingerprint density at radius 1 is 0.372 bits per heavy atom. The number of esters is 6. The zero-order chi connectivity index (χ0) is 53.3. The number of fused-ring (bicyclic) bond motifs is 7. The molecule has 7 aliphatic heterocycles. The molecular weight excluding hydrogens is 1010 g/mol. The summed E-state index contributed by atoms with van der Waals surface area (Å²) in [6.07, 6.45) is 22.5. The number of epoxide rings is 5. The second-order valence-electron chi connectivity index (χ2n) is 26.0. The van der Waals surface area contributed by atoms with E-state index in [4.69, 9.17) is 56.8 Å². The Morgan fingerprint density at radius 2 is 0.846 bits per heavy atom. The van der Waals surface area contributed by atoms with Crippen molar-refractivity contribution in [1.29, 1.82) is 0 Å². The van der Waals surface area contributed by atoms with Crippen LogP contribution in [0.2, 0.25) is 0 Å². The monoisotopic (exact) mass is 1090 g/mol. The highest BCUT2D eigenvalue weighted by Gasteiger charge is 2.65. The number of hydrogen-bond donors (Lipinski definition) is 0. The summed E-state index contributed by atoms with van der Waals surface area (Å²) in [6, 6.07) is 0. The molecule has 2 bridgehead atoms. The van der Waals surface area contributed by atoms with Crippen molar-refractivity contribution in [3.8, 4) is 0 Å². The van der Waals surface area contributed by atoms with Crippen molar-refractivity contribution in [2.45, 2.75) is 246 Å². The number of ether oxygens (including phenoxy) is 12. The van der Waals surface area contributed by atoms with Gasteiger partial charge in [-0.2, -0.15) is 0 Å². The lowest BCUT2D eigenvalue weighted by Gasteiger charge is -2.59. The van der Waals surface area contributed by atoms with Gasteiger partial charge in [-0.25, -0.2) is 0 Å². The standard InChI is InChI=1S/C60H86O18/c61-51(71-32-36-21-43(57-49(24-36)77-57)60-28-37(19-40(29-60)78-60)33-72-52(62)10-4-1-7-17-67-58(65)38-14-16-45-47(26-38)74-45)9-3-2-8-18-68-59(66)39-25-42(56-50(27-39)76-56)41-20-35(23-48-55(41)75-48)31-70-54(64)12-6-5-11-53(63)69-30-34-13-15-44-46(22-34)73-44/h34-50,55-57H,1-33H2. The third kappa shape index (κ3) is 14.1.